The Kier molecular flexibility index (Phi) is 4.23. The Labute approximate surface area is 92.9 Å². The maximum atomic E-state index is 10.5. The van der Waals surface area contributed by atoms with Gasteiger partial charge in [-0.3, -0.25) is 4.55 Å². The first kappa shape index (κ1) is 13.8. The fraction of sp³-hybridized carbons (Fsp3) is 1.00. The smallest absolute Gasteiger partial charge is 0.394 e. The van der Waals surface area contributed by atoms with Crippen molar-refractivity contribution in [2.45, 2.75) is 37.4 Å². The molecule has 0 aromatic heterocycles. The van der Waals surface area contributed by atoms with Crippen LogP contribution in [0.1, 0.15) is 6.92 Å². The molecule has 5 unspecified atom stereocenters. The van der Waals surface area contributed by atoms with Crippen LogP contribution in [0.15, 0.2) is 0 Å². The molecule has 5 N–H and O–H groups in total. The first-order chi connectivity index (χ1) is 7.26. The topological polar surface area (TPSA) is 139 Å². The van der Waals surface area contributed by atoms with Gasteiger partial charge in [0.25, 0.3) is 0 Å². The Morgan fingerprint density at radius 3 is 2.50 bits per heavy atom. The van der Waals surface area contributed by atoms with Gasteiger partial charge in [0.05, 0.1) is 18.8 Å². The van der Waals surface area contributed by atoms with E-state index in [1.54, 1.807) is 6.92 Å². The van der Waals surface area contributed by atoms with Crippen molar-refractivity contribution >= 4 is 10.4 Å². The molecule has 96 valence electrons. The van der Waals surface area contributed by atoms with Crippen LogP contribution in [0.2, 0.25) is 0 Å². The van der Waals surface area contributed by atoms with Crippen molar-refractivity contribution in [1.29, 1.82) is 0 Å². The number of rotatable bonds is 3. The summed E-state index contributed by atoms with van der Waals surface area (Å²) in [7, 11) is -4.75. The highest BCUT2D eigenvalue weighted by Crippen LogP contribution is 2.23. The lowest BCUT2D eigenvalue weighted by molar-refractivity contribution is -0.175. The highest BCUT2D eigenvalue weighted by Gasteiger charge is 2.44. The Hall–Kier alpha value is -0.290. The first-order valence-electron chi connectivity index (χ1n) is 4.62. The molecule has 1 heterocycles. The van der Waals surface area contributed by atoms with E-state index >= 15 is 0 Å². The molecule has 1 aliphatic heterocycles. The third-order valence-electron chi connectivity index (χ3n) is 2.44. The molecular weight excluding hydrogens is 242 g/mol. The normalized spacial score (nSPS) is 40.9. The molecule has 16 heavy (non-hydrogen) atoms. The summed E-state index contributed by atoms with van der Waals surface area (Å²) in [5.41, 5.74) is 5.53. The van der Waals surface area contributed by atoms with E-state index in [1.807, 2.05) is 0 Å². The third-order valence-corrected chi connectivity index (χ3v) is 2.91. The molecule has 0 radical (unpaired) electrons. The second kappa shape index (κ2) is 4.92. The molecule has 0 aliphatic carbocycles. The van der Waals surface area contributed by atoms with Gasteiger partial charge in [0, 0.05) is 0 Å². The van der Waals surface area contributed by atoms with E-state index in [4.69, 9.17) is 20.1 Å². The van der Waals surface area contributed by atoms with Gasteiger partial charge in [-0.2, -0.15) is 8.42 Å². The standard InChI is InChI=1S/C7H15NO7S/c1-3-5(8)6(10)7(4(2-9)14-3)15-16(11,12)13/h3-7,9-10H,2,8H2,1H3,(H,11,12,13). The van der Waals surface area contributed by atoms with Crippen LogP contribution in [0, 0.1) is 0 Å². The number of hydrogen-bond donors (Lipinski definition) is 4. The number of ether oxygens (including phenoxy) is 1. The fourth-order valence-corrected chi connectivity index (χ4v) is 2.09. The molecule has 0 spiro atoms. The van der Waals surface area contributed by atoms with Crippen molar-refractivity contribution in [1.82, 2.24) is 0 Å². The minimum atomic E-state index is -4.75. The van der Waals surface area contributed by atoms with Crippen LogP contribution in [0.5, 0.6) is 0 Å². The first-order valence-corrected chi connectivity index (χ1v) is 5.98. The zero-order valence-corrected chi connectivity index (χ0v) is 9.37. The predicted molar refractivity (Wildman–Crippen MR) is 51.8 cm³/mol. The zero-order valence-electron chi connectivity index (χ0n) is 8.55. The summed E-state index contributed by atoms with van der Waals surface area (Å²) < 4.78 is 39.0. The van der Waals surface area contributed by atoms with Gasteiger partial charge in [0.2, 0.25) is 0 Å². The van der Waals surface area contributed by atoms with E-state index in [1.165, 1.54) is 0 Å². The summed E-state index contributed by atoms with van der Waals surface area (Å²) in [6.07, 6.45) is -4.41. The lowest BCUT2D eigenvalue weighted by Gasteiger charge is -2.40. The number of hydrogen-bond acceptors (Lipinski definition) is 7. The highest BCUT2D eigenvalue weighted by molar-refractivity contribution is 7.80. The molecule has 1 saturated heterocycles. The maximum Gasteiger partial charge on any atom is 0.397 e. The van der Waals surface area contributed by atoms with Crippen LogP contribution in [0.25, 0.3) is 0 Å². The van der Waals surface area contributed by atoms with Crippen LogP contribution >= 0.6 is 0 Å². The van der Waals surface area contributed by atoms with Crippen molar-refractivity contribution < 1.29 is 32.1 Å². The second-order valence-electron chi connectivity index (χ2n) is 3.62. The van der Waals surface area contributed by atoms with Crippen molar-refractivity contribution in [2.75, 3.05) is 6.61 Å². The summed E-state index contributed by atoms with van der Waals surface area (Å²) in [6.45, 7) is 1.01. The van der Waals surface area contributed by atoms with Crippen LogP contribution < -0.4 is 5.73 Å². The van der Waals surface area contributed by atoms with E-state index in [2.05, 4.69) is 4.18 Å². The Morgan fingerprint density at radius 1 is 1.50 bits per heavy atom. The molecule has 5 atom stereocenters. The van der Waals surface area contributed by atoms with Crippen LogP contribution in [-0.4, -0.2) is 60.2 Å². The van der Waals surface area contributed by atoms with E-state index in [0.29, 0.717) is 0 Å². The molecule has 0 saturated carbocycles. The minimum Gasteiger partial charge on any atom is -0.394 e. The van der Waals surface area contributed by atoms with Crippen molar-refractivity contribution in [3.05, 3.63) is 0 Å². The van der Waals surface area contributed by atoms with Gasteiger partial charge in [-0.15, -0.1) is 0 Å². The van der Waals surface area contributed by atoms with Crippen molar-refractivity contribution in [2.24, 2.45) is 5.73 Å². The summed E-state index contributed by atoms with van der Waals surface area (Å²) in [4.78, 5) is 0. The minimum absolute atomic E-state index is 0.561. The molecule has 0 aromatic carbocycles. The molecule has 1 fully saturated rings. The SMILES string of the molecule is CC1OC(CO)C(OS(=O)(=O)O)C(O)C1N. The zero-order chi connectivity index (χ0) is 12.5. The highest BCUT2D eigenvalue weighted by atomic mass is 32.3. The van der Waals surface area contributed by atoms with Gasteiger partial charge in [-0.25, -0.2) is 4.18 Å². The van der Waals surface area contributed by atoms with Crippen LogP contribution in [0.3, 0.4) is 0 Å². The summed E-state index contributed by atoms with van der Waals surface area (Å²) in [5.74, 6) is 0. The predicted octanol–water partition coefficient (Wildman–Crippen LogP) is -2.36. The molecule has 0 bridgehead atoms. The molecule has 9 heteroatoms. The average Bonchev–Trinajstić information content (AvgIpc) is 2.17. The second-order valence-corrected chi connectivity index (χ2v) is 4.67. The third kappa shape index (κ3) is 3.10. The quantitative estimate of drug-likeness (QED) is 0.412. The summed E-state index contributed by atoms with van der Waals surface area (Å²) >= 11 is 0. The average molecular weight is 257 g/mol. The monoisotopic (exact) mass is 257 g/mol. The number of aliphatic hydroxyl groups is 2. The Morgan fingerprint density at radius 2 is 2.06 bits per heavy atom. The Balaban J connectivity index is 2.85. The molecular formula is C7H15NO7S. The van der Waals surface area contributed by atoms with Crippen LogP contribution in [-0.2, 0) is 19.3 Å². The van der Waals surface area contributed by atoms with Crippen molar-refractivity contribution in [3.63, 3.8) is 0 Å². The molecule has 0 aromatic rings. The number of nitrogens with two attached hydrogens (primary N) is 1. The van der Waals surface area contributed by atoms with Gasteiger partial charge < -0.3 is 20.7 Å². The van der Waals surface area contributed by atoms with Crippen molar-refractivity contribution in [3.8, 4) is 0 Å². The van der Waals surface area contributed by atoms with E-state index < -0.39 is 47.5 Å². The summed E-state index contributed by atoms with van der Waals surface area (Å²) in [6, 6.07) is -0.866. The maximum absolute atomic E-state index is 10.5. The van der Waals surface area contributed by atoms with E-state index in [0.717, 1.165) is 0 Å². The fourth-order valence-electron chi connectivity index (χ4n) is 1.57. The van der Waals surface area contributed by atoms with Gasteiger partial charge in [0.1, 0.15) is 18.3 Å². The van der Waals surface area contributed by atoms with Gasteiger partial charge in [-0.1, -0.05) is 0 Å². The van der Waals surface area contributed by atoms with Gasteiger partial charge in [-0.05, 0) is 6.92 Å². The van der Waals surface area contributed by atoms with E-state index in [9.17, 15) is 13.5 Å². The lowest BCUT2D eigenvalue weighted by Crippen LogP contribution is -2.62. The lowest BCUT2D eigenvalue weighted by atomic mass is 9.94. The molecule has 0 amide bonds. The Bertz CT molecular complexity index is 330. The molecule has 1 rings (SSSR count). The van der Waals surface area contributed by atoms with Gasteiger partial charge in [0.15, 0.2) is 0 Å². The summed E-state index contributed by atoms with van der Waals surface area (Å²) in [5, 5.41) is 18.6. The largest absolute Gasteiger partial charge is 0.397 e. The van der Waals surface area contributed by atoms with Gasteiger partial charge >= 0.3 is 10.4 Å². The van der Waals surface area contributed by atoms with E-state index in [-0.39, 0.29) is 0 Å². The molecule has 1 aliphatic rings. The number of aliphatic hydroxyl groups excluding tert-OH is 2. The molecule has 8 nitrogen and oxygen atoms in total. The van der Waals surface area contributed by atoms with Crippen LogP contribution in [0.4, 0.5) is 0 Å².